The lowest BCUT2D eigenvalue weighted by Crippen LogP contribution is -2.67. The fraction of sp³-hybridized carbons (Fsp3) is 0.936. The molecule has 8 N–H and O–H groups in total. The van der Waals surface area contributed by atoms with Gasteiger partial charge in [-0.25, -0.2) is 4.57 Å². The van der Waals surface area contributed by atoms with Crippen molar-refractivity contribution in [1.82, 2.24) is 10.6 Å². The summed E-state index contributed by atoms with van der Waals surface area (Å²) in [5.74, 6) is -3.85. The second kappa shape index (κ2) is 75.0. The number of hydrogen-bond donors (Lipinski definition) is 8. The van der Waals surface area contributed by atoms with Gasteiger partial charge in [-0.2, -0.15) is 0 Å². The standard InChI is InChI=1S/C94H177N2O21P/c1-7-13-19-25-31-37-39-45-51-57-63-68-83(100)111-76(65-59-53-47-41-33-27-21-15-9-3)71-81(98)95-87-90(105)89(104)80(114-93(87)106)75-110-94-88(96-82(99)72-77(66-60-54-48-42-34-28-22-16-10-4)112-84(101)69-62-56-50-44-36-30-24-18-12-6)92(91(79(74-97)115-94)117-118(107,108)109)116-86(103)73-78(67-61-55-49-43-35-29-23-17-11-5)113-85(102)70-64-58-52-46-40-38-32-26-20-14-8-2/h76-80,87-94,97,104-106H,7-75H2,1-6H3,(H,95,98)(H,96,99)(H2,107,108,109)/t76-,77-,78-,79?,80?,87?,88+,89-,90-,91-,92?,93?,94-/m1/s1. The van der Waals surface area contributed by atoms with Crippen LogP contribution in [0.15, 0.2) is 0 Å². The molecule has 2 aliphatic rings. The second-order valence-corrected chi connectivity index (χ2v) is 35.9. The van der Waals surface area contributed by atoms with Crippen LogP contribution in [0.25, 0.3) is 0 Å². The zero-order valence-electron chi connectivity index (χ0n) is 75.6. The molecule has 694 valence electrons. The first-order chi connectivity index (χ1) is 57.2. The highest BCUT2D eigenvalue weighted by Crippen LogP contribution is 2.43. The Morgan fingerprint density at radius 2 is 0.619 bits per heavy atom. The molecule has 23 nitrogen and oxygen atoms in total. The molecule has 0 bridgehead atoms. The van der Waals surface area contributed by atoms with E-state index in [1.165, 1.54) is 161 Å². The van der Waals surface area contributed by atoms with E-state index in [0.717, 1.165) is 173 Å². The molecular formula is C94H177N2O21P. The zero-order valence-corrected chi connectivity index (χ0v) is 76.4. The molecule has 13 atom stereocenters. The maximum atomic E-state index is 15.0. The molecule has 2 heterocycles. The molecule has 0 spiro atoms. The molecule has 2 aliphatic heterocycles. The third kappa shape index (κ3) is 58.7. The Hall–Kier alpha value is -3.35. The van der Waals surface area contributed by atoms with E-state index in [4.69, 9.17) is 37.7 Å². The molecule has 2 saturated heterocycles. The smallest absolute Gasteiger partial charge is 0.462 e. The summed E-state index contributed by atoms with van der Waals surface area (Å²) in [6.07, 6.45) is 44.1. The van der Waals surface area contributed by atoms with Crippen LogP contribution in [0.2, 0.25) is 0 Å². The molecule has 2 amide bonds. The van der Waals surface area contributed by atoms with Gasteiger partial charge in [0, 0.05) is 19.3 Å². The fourth-order valence-corrected chi connectivity index (χ4v) is 16.9. The van der Waals surface area contributed by atoms with Crippen molar-refractivity contribution in [3.63, 3.8) is 0 Å². The summed E-state index contributed by atoms with van der Waals surface area (Å²) in [5.41, 5.74) is 0. The van der Waals surface area contributed by atoms with Crippen LogP contribution in [0.5, 0.6) is 0 Å². The average Bonchev–Trinajstić information content (AvgIpc) is 0.777. The number of aliphatic hydroxyl groups is 4. The van der Waals surface area contributed by atoms with Crippen molar-refractivity contribution in [2.75, 3.05) is 13.2 Å². The molecule has 0 aromatic carbocycles. The predicted molar refractivity (Wildman–Crippen MR) is 468 cm³/mol. The van der Waals surface area contributed by atoms with Crippen LogP contribution in [0, 0.1) is 0 Å². The van der Waals surface area contributed by atoms with Gasteiger partial charge in [-0.1, -0.05) is 375 Å². The van der Waals surface area contributed by atoms with E-state index in [1.54, 1.807) is 0 Å². The summed E-state index contributed by atoms with van der Waals surface area (Å²) in [5, 5.41) is 51.8. The van der Waals surface area contributed by atoms with Gasteiger partial charge in [-0.3, -0.25) is 33.3 Å². The van der Waals surface area contributed by atoms with Crippen molar-refractivity contribution in [2.45, 2.75) is 551 Å². The van der Waals surface area contributed by atoms with Crippen molar-refractivity contribution in [2.24, 2.45) is 0 Å². The first-order valence-electron chi connectivity index (χ1n) is 48.9. The summed E-state index contributed by atoms with van der Waals surface area (Å²) >= 11 is 0. The van der Waals surface area contributed by atoms with E-state index in [2.05, 4.69) is 52.2 Å². The Bertz CT molecular complexity index is 2480. The molecule has 0 saturated carbocycles. The molecule has 2 rings (SSSR count). The van der Waals surface area contributed by atoms with Gasteiger partial charge in [-0.15, -0.1) is 0 Å². The number of ether oxygens (including phenoxy) is 7. The van der Waals surface area contributed by atoms with Gasteiger partial charge in [0.1, 0.15) is 60.9 Å². The van der Waals surface area contributed by atoms with Crippen LogP contribution < -0.4 is 10.6 Å². The Morgan fingerprint density at radius 3 is 0.915 bits per heavy atom. The summed E-state index contributed by atoms with van der Waals surface area (Å²) in [7, 11) is -5.58. The Morgan fingerprint density at radius 1 is 0.339 bits per heavy atom. The number of carbonyl (C=O) groups excluding carboxylic acids is 6. The number of hydrogen-bond acceptors (Lipinski definition) is 19. The third-order valence-electron chi connectivity index (χ3n) is 23.6. The van der Waals surface area contributed by atoms with Crippen molar-refractivity contribution < 1.29 is 101 Å². The topological polar surface area (TPSA) is 339 Å². The normalized spacial score (nSPS) is 20.3. The molecule has 0 aromatic heterocycles. The maximum absolute atomic E-state index is 15.0. The van der Waals surface area contributed by atoms with E-state index in [-0.39, 0.29) is 32.1 Å². The highest BCUT2D eigenvalue weighted by atomic mass is 31.2. The van der Waals surface area contributed by atoms with Crippen LogP contribution in [0.3, 0.4) is 0 Å². The molecule has 2 fully saturated rings. The zero-order chi connectivity index (χ0) is 86.3. The van der Waals surface area contributed by atoms with Crippen molar-refractivity contribution in [3.8, 4) is 0 Å². The lowest BCUT2D eigenvalue weighted by molar-refractivity contribution is -0.297. The van der Waals surface area contributed by atoms with Gasteiger partial charge in [-0.05, 0) is 57.8 Å². The number of nitrogens with one attached hydrogen (secondary N) is 2. The number of rotatable bonds is 82. The highest BCUT2D eigenvalue weighted by Gasteiger charge is 2.53. The van der Waals surface area contributed by atoms with Gasteiger partial charge < -0.3 is 74.0 Å². The van der Waals surface area contributed by atoms with Crippen molar-refractivity contribution in [1.29, 1.82) is 0 Å². The van der Waals surface area contributed by atoms with E-state index in [9.17, 15) is 63.5 Å². The Kier molecular flexibility index (Phi) is 70.4. The number of phosphoric ester groups is 1. The van der Waals surface area contributed by atoms with Crippen LogP contribution in [-0.4, -0.2) is 159 Å². The summed E-state index contributed by atoms with van der Waals surface area (Å²) in [4.78, 5) is 106. The largest absolute Gasteiger partial charge is 0.470 e. The van der Waals surface area contributed by atoms with E-state index < -0.39 is 149 Å². The molecule has 0 aromatic rings. The quantitative estimate of drug-likeness (QED) is 0.0121. The number of amides is 2. The Labute approximate surface area is 716 Å². The van der Waals surface area contributed by atoms with Crippen LogP contribution >= 0.6 is 7.82 Å². The minimum atomic E-state index is -5.58. The highest BCUT2D eigenvalue weighted by molar-refractivity contribution is 7.46. The average molecular weight is 1700 g/mol. The number of esters is 4. The van der Waals surface area contributed by atoms with Crippen LogP contribution in [-0.2, 0) is 71.0 Å². The predicted octanol–water partition coefficient (Wildman–Crippen LogP) is 21.5. The van der Waals surface area contributed by atoms with Gasteiger partial charge in [0.25, 0.3) is 0 Å². The second-order valence-electron chi connectivity index (χ2n) is 34.8. The molecule has 5 unspecified atom stereocenters. The Balaban J connectivity index is 2.58. The van der Waals surface area contributed by atoms with Gasteiger partial charge in [0.05, 0.1) is 32.5 Å². The number of phosphoric acid groups is 1. The number of unbranched alkanes of at least 4 members (excludes halogenated alkanes) is 52. The fourth-order valence-electron chi connectivity index (χ4n) is 16.3. The number of carbonyl (C=O) groups is 6. The third-order valence-corrected chi connectivity index (χ3v) is 24.1. The van der Waals surface area contributed by atoms with Gasteiger partial charge in [0.15, 0.2) is 18.7 Å². The minimum absolute atomic E-state index is 0.124. The van der Waals surface area contributed by atoms with Gasteiger partial charge in [0.2, 0.25) is 11.8 Å². The summed E-state index contributed by atoms with van der Waals surface area (Å²) in [6.45, 7) is 11.4. The first-order valence-corrected chi connectivity index (χ1v) is 50.4. The van der Waals surface area contributed by atoms with Crippen molar-refractivity contribution >= 4 is 43.5 Å². The molecular weight excluding hydrogens is 1520 g/mol. The molecule has 0 aliphatic carbocycles. The van der Waals surface area contributed by atoms with E-state index in [0.29, 0.717) is 51.4 Å². The lowest BCUT2D eigenvalue weighted by atomic mass is 9.95. The van der Waals surface area contributed by atoms with Gasteiger partial charge >= 0.3 is 31.7 Å². The minimum Gasteiger partial charge on any atom is -0.462 e. The van der Waals surface area contributed by atoms with Crippen LogP contribution in [0.4, 0.5) is 0 Å². The van der Waals surface area contributed by atoms with E-state index in [1.807, 2.05) is 0 Å². The maximum Gasteiger partial charge on any atom is 0.470 e. The molecule has 24 heteroatoms. The lowest BCUT2D eigenvalue weighted by Gasteiger charge is -2.46. The van der Waals surface area contributed by atoms with Crippen molar-refractivity contribution in [3.05, 3.63) is 0 Å². The molecule has 0 radical (unpaired) electrons. The van der Waals surface area contributed by atoms with E-state index >= 15 is 0 Å². The monoisotopic (exact) mass is 1700 g/mol. The van der Waals surface area contributed by atoms with Crippen LogP contribution in [0.1, 0.15) is 472 Å². The molecule has 118 heavy (non-hydrogen) atoms. The number of aliphatic hydroxyl groups excluding tert-OH is 4. The summed E-state index contributed by atoms with van der Waals surface area (Å²) in [6, 6.07) is -3.37. The SMILES string of the molecule is CCCCCCCCCCCCCC(=O)O[C@H](CCCCCCCCCCC)CC(=O)NC1C(O)OC(CO[C@@H]2OC(CO)[C@@H](OP(=O)(O)O)C(OC(=O)C[C@@H](CCCCCCCCCCC)OC(=O)CCCCCCCCCCCCC)[C@@H]2NC(=O)C[C@@H](CCCCCCCCCCC)OC(=O)CCCCCCCCCCC)[C@@H](O)[C@@H]1O. The first kappa shape index (κ1) is 111. The summed E-state index contributed by atoms with van der Waals surface area (Å²) < 4.78 is 61.4.